The van der Waals surface area contributed by atoms with Crippen LogP contribution in [0, 0.1) is 5.41 Å². The zero-order chi connectivity index (χ0) is 14.6. The van der Waals surface area contributed by atoms with Crippen LogP contribution in [0.4, 0.5) is 13.2 Å². The Labute approximate surface area is 115 Å². The molecule has 0 bridgehead atoms. The van der Waals surface area contributed by atoms with Crippen LogP contribution in [-0.4, -0.2) is 26.1 Å². The van der Waals surface area contributed by atoms with Crippen molar-refractivity contribution < 1.29 is 22.6 Å². The maximum Gasteiger partial charge on any atom is 0.573 e. The summed E-state index contributed by atoms with van der Waals surface area (Å²) in [5.41, 5.74) is 6.83. The minimum absolute atomic E-state index is 0.00927. The lowest BCUT2D eigenvalue weighted by atomic mass is 9.75. The average molecular weight is 289 g/mol. The highest BCUT2D eigenvalue weighted by Gasteiger charge is 2.32. The molecule has 3 nitrogen and oxygen atoms in total. The number of ether oxygens (including phenoxy) is 2. The molecule has 1 aromatic rings. The van der Waals surface area contributed by atoms with Crippen molar-refractivity contribution in [2.45, 2.75) is 25.6 Å². The second kappa shape index (κ2) is 6.01. The van der Waals surface area contributed by atoms with Crippen molar-refractivity contribution in [3.63, 3.8) is 0 Å². The number of benzene rings is 1. The minimum Gasteiger partial charge on any atom is -0.406 e. The highest BCUT2D eigenvalue weighted by molar-refractivity contribution is 5.28. The fourth-order valence-electron chi connectivity index (χ4n) is 2.50. The molecule has 0 amide bonds. The normalized spacial score (nSPS) is 18.8. The van der Waals surface area contributed by atoms with E-state index in [0.717, 1.165) is 24.8 Å². The first-order valence-corrected chi connectivity index (χ1v) is 6.55. The molecule has 1 aliphatic rings. The summed E-state index contributed by atoms with van der Waals surface area (Å²) >= 11 is 0. The van der Waals surface area contributed by atoms with Gasteiger partial charge in [0.1, 0.15) is 5.75 Å². The smallest absolute Gasteiger partial charge is 0.406 e. The van der Waals surface area contributed by atoms with Gasteiger partial charge in [0, 0.05) is 13.2 Å². The predicted octanol–water partition coefficient (Wildman–Crippen LogP) is 2.88. The summed E-state index contributed by atoms with van der Waals surface area (Å²) in [6.07, 6.45) is -2.14. The van der Waals surface area contributed by atoms with Crippen LogP contribution in [0.1, 0.15) is 18.4 Å². The summed E-state index contributed by atoms with van der Waals surface area (Å²) in [5, 5.41) is 0. The number of rotatable bonds is 4. The van der Waals surface area contributed by atoms with Crippen LogP contribution in [0.5, 0.6) is 5.75 Å². The molecule has 1 heterocycles. The Morgan fingerprint density at radius 2 is 1.75 bits per heavy atom. The molecule has 0 saturated carbocycles. The Hall–Kier alpha value is -1.27. The van der Waals surface area contributed by atoms with E-state index >= 15 is 0 Å². The zero-order valence-corrected chi connectivity index (χ0v) is 11.1. The number of hydrogen-bond donors (Lipinski definition) is 1. The molecular weight excluding hydrogens is 271 g/mol. The van der Waals surface area contributed by atoms with Crippen molar-refractivity contribution in [3.05, 3.63) is 29.8 Å². The van der Waals surface area contributed by atoms with Gasteiger partial charge in [-0.1, -0.05) is 12.1 Å². The van der Waals surface area contributed by atoms with E-state index in [1.165, 1.54) is 12.1 Å². The maximum atomic E-state index is 12.1. The Morgan fingerprint density at radius 1 is 1.15 bits per heavy atom. The number of alkyl halides is 3. The molecule has 1 saturated heterocycles. The Bertz CT molecular complexity index is 425. The van der Waals surface area contributed by atoms with Crippen LogP contribution in [-0.2, 0) is 11.2 Å². The first-order chi connectivity index (χ1) is 9.42. The standard InChI is InChI=1S/C14H18F3NO2/c15-14(16,17)20-12-3-1-11(2-4-12)9-13(10-18)5-7-19-8-6-13/h1-4H,5-10,18H2. The van der Waals surface area contributed by atoms with Crippen LogP contribution in [0.2, 0.25) is 0 Å². The van der Waals surface area contributed by atoms with Gasteiger partial charge in [-0.05, 0) is 48.9 Å². The Morgan fingerprint density at radius 3 is 2.25 bits per heavy atom. The number of hydrogen-bond acceptors (Lipinski definition) is 3. The Kier molecular flexibility index (Phi) is 4.55. The summed E-state index contributed by atoms with van der Waals surface area (Å²) < 4.78 is 45.4. The predicted molar refractivity (Wildman–Crippen MR) is 68.4 cm³/mol. The lowest BCUT2D eigenvalue weighted by Crippen LogP contribution is -2.38. The highest BCUT2D eigenvalue weighted by Crippen LogP contribution is 2.34. The first-order valence-electron chi connectivity index (χ1n) is 6.55. The molecule has 20 heavy (non-hydrogen) atoms. The highest BCUT2D eigenvalue weighted by atomic mass is 19.4. The van der Waals surface area contributed by atoms with Gasteiger partial charge >= 0.3 is 6.36 Å². The van der Waals surface area contributed by atoms with E-state index < -0.39 is 6.36 Å². The summed E-state index contributed by atoms with van der Waals surface area (Å²) in [6.45, 7) is 1.93. The van der Waals surface area contributed by atoms with Gasteiger partial charge in [0.2, 0.25) is 0 Å². The van der Waals surface area contributed by atoms with E-state index in [9.17, 15) is 13.2 Å². The number of nitrogens with two attached hydrogens (primary N) is 1. The molecule has 6 heteroatoms. The third-order valence-corrected chi connectivity index (χ3v) is 3.72. The van der Waals surface area contributed by atoms with Gasteiger partial charge < -0.3 is 15.2 Å². The SMILES string of the molecule is NCC1(Cc2ccc(OC(F)(F)F)cc2)CCOCC1. The second-order valence-corrected chi connectivity index (χ2v) is 5.19. The lowest BCUT2D eigenvalue weighted by molar-refractivity contribution is -0.274. The monoisotopic (exact) mass is 289 g/mol. The molecule has 0 spiro atoms. The topological polar surface area (TPSA) is 44.5 Å². The number of halogens is 3. The van der Waals surface area contributed by atoms with Crippen molar-refractivity contribution in [1.29, 1.82) is 0 Å². The van der Waals surface area contributed by atoms with Crippen LogP contribution < -0.4 is 10.5 Å². The first kappa shape index (κ1) is 15.1. The van der Waals surface area contributed by atoms with E-state index in [0.29, 0.717) is 19.8 Å². The molecule has 0 aromatic heterocycles. The van der Waals surface area contributed by atoms with Crippen molar-refractivity contribution >= 4 is 0 Å². The van der Waals surface area contributed by atoms with E-state index in [-0.39, 0.29) is 11.2 Å². The van der Waals surface area contributed by atoms with Crippen LogP contribution >= 0.6 is 0 Å². The summed E-state index contributed by atoms with van der Waals surface area (Å²) in [6, 6.07) is 6.00. The van der Waals surface area contributed by atoms with E-state index in [2.05, 4.69) is 4.74 Å². The van der Waals surface area contributed by atoms with E-state index in [1.807, 2.05) is 0 Å². The fourth-order valence-corrected chi connectivity index (χ4v) is 2.50. The molecule has 0 unspecified atom stereocenters. The molecule has 1 fully saturated rings. The second-order valence-electron chi connectivity index (χ2n) is 5.19. The van der Waals surface area contributed by atoms with Crippen LogP contribution in [0.15, 0.2) is 24.3 Å². The third-order valence-electron chi connectivity index (χ3n) is 3.72. The van der Waals surface area contributed by atoms with Crippen LogP contribution in [0.3, 0.4) is 0 Å². The van der Waals surface area contributed by atoms with Gasteiger partial charge in [0.15, 0.2) is 0 Å². The molecule has 112 valence electrons. The van der Waals surface area contributed by atoms with Crippen LogP contribution in [0.25, 0.3) is 0 Å². The molecule has 2 N–H and O–H groups in total. The molecular formula is C14H18F3NO2. The molecule has 1 aliphatic heterocycles. The van der Waals surface area contributed by atoms with Crippen molar-refractivity contribution in [2.24, 2.45) is 11.1 Å². The van der Waals surface area contributed by atoms with Gasteiger partial charge in [0.05, 0.1) is 0 Å². The quantitative estimate of drug-likeness (QED) is 0.927. The molecule has 0 aliphatic carbocycles. The van der Waals surface area contributed by atoms with Gasteiger partial charge in [-0.2, -0.15) is 0 Å². The lowest BCUT2D eigenvalue weighted by Gasteiger charge is -2.36. The third kappa shape index (κ3) is 4.11. The Balaban J connectivity index is 2.02. The van der Waals surface area contributed by atoms with Gasteiger partial charge in [-0.15, -0.1) is 13.2 Å². The van der Waals surface area contributed by atoms with Gasteiger partial charge in [0.25, 0.3) is 0 Å². The average Bonchev–Trinajstić information content (AvgIpc) is 2.40. The van der Waals surface area contributed by atoms with E-state index in [1.54, 1.807) is 12.1 Å². The van der Waals surface area contributed by atoms with E-state index in [4.69, 9.17) is 10.5 Å². The summed E-state index contributed by atoms with van der Waals surface area (Å²) in [5.74, 6) is -0.199. The molecule has 0 atom stereocenters. The maximum absolute atomic E-state index is 12.1. The molecule has 2 rings (SSSR count). The fraction of sp³-hybridized carbons (Fsp3) is 0.571. The minimum atomic E-state index is -4.65. The molecule has 0 radical (unpaired) electrons. The molecule has 1 aromatic carbocycles. The van der Waals surface area contributed by atoms with Crippen molar-refractivity contribution in [3.8, 4) is 5.75 Å². The zero-order valence-electron chi connectivity index (χ0n) is 11.1. The van der Waals surface area contributed by atoms with Crippen molar-refractivity contribution in [2.75, 3.05) is 19.8 Å². The summed E-state index contributed by atoms with van der Waals surface area (Å²) in [7, 11) is 0. The largest absolute Gasteiger partial charge is 0.573 e. The van der Waals surface area contributed by atoms with Crippen molar-refractivity contribution in [1.82, 2.24) is 0 Å². The van der Waals surface area contributed by atoms with Gasteiger partial charge in [-0.3, -0.25) is 0 Å². The van der Waals surface area contributed by atoms with Gasteiger partial charge in [-0.25, -0.2) is 0 Å². The summed E-state index contributed by atoms with van der Waals surface area (Å²) in [4.78, 5) is 0.